The summed E-state index contributed by atoms with van der Waals surface area (Å²) in [4.78, 5) is 28.3. The van der Waals surface area contributed by atoms with Crippen molar-refractivity contribution in [1.29, 1.82) is 0 Å². The van der Waals surface area contributed by atoms with Crippen LogP contribution < -0.4 is 5.73 Å². The maximum Gasteiger partial charge on any atom is 0.248 e. The molecule has 4 rings (SSSR count). The fourth-order valence-electron chi connectivity index (χ4n) is 2.95. The zero-order chi connectivity index (χ0) is 19.8. The van der Waals surface area contributed by atoms with Crippen molar-refractivity contribution in [1.82, 2.24) is 9.55 Å². The number of rotatable bonds is 4. The Morgan fingerprint density at radius 1 is 0.821 bits per heavy atom. The maximum absolute atomic E-state index is 12.7. The van der Waals surface area contributed by atoms with Gasteiger partial charge in [-0.05, 0) is 60.7 Å². The van der Waals surface area contributed by atoms with Gasteiger partial charge in [-0.2, -0.15) is 0 Å². The van der Waals surface area contributed by atoms with Crippen LogP contribution in [0.5, 0.6) is 0 Å². The van der Waals surface area contributed by atoms with Crippen LogP contribution in [0.25, 0.3) is 16.7 Å². The lowest BCUT2D eigenvalue weighted by molar-refractivity contribution is 0.0998. The first kappa shape index (κ1) is 18.2. The van der Waals surface area contributed by atoms with Gasteiger partial charge < -0.3 is 5.73 Å². The molecule has 0 aliphatic heterocycles. The Hall–Kier alpha value is -3.15. The maximum atomic E-state index is 12.7. The summed E-state index contributed by atoms with van der Waals surface area (Å²) in [5.41, 5.74) is 9.03. The summed E-state index contributed by atoms with van der Waals surface area (Å²) in [6.45, 7) is 0. The molecule has 138 valence electrons. The normalized spacial score (nSPS) is 10.9. The standard InChI is InChI=1S/C21H13Cl2N3O2/c22-16-7-3-13(9-17(16)23)20(27)12-1-5-15(6-2-12)26-11-25-18-10-14(21(24)28)4-8-19(18)26/h1-11H,(H2,24,28). The van der Waals surface area contributed by atoms with Crippen molar-refractivity contribution >= 4 is 45.9 Å². The molecule has 0 fully saturated rings. The smallest absolute Gasteiger partial charge is 0.248 e. The van der Waals surface area contributed by atoms with E-state index in [0.717, 1.165) is 11.2 Å². The first-order chi connectivity index (χ1) is 13.4. The molecule has 0 spiro atoms. The van der Waals surface area contributed by atoms with Crippen molar-refractivity contribution in [3.05, 3.63) is 93.7 Å². The van der Waals surface area contributed by atoms with Gasteiger partial charge in [0.25, 0.3) is 0 Å². The Kier molecular flexibility index (Phi) is 4.63. The van der Waals surface area contributed by atoms with Crippen molar-refractivity contribution in [3.8, 4) is 5.69 Å². The fourth-order valence-corrected chi connectivity index (χ4v) is 3.25. The minimum atomic E-state index is -0.499. The van der Waals surface area contributed by atoms with Crippen LogP contribution in [0.4, 0.5) is 0 Å². The monoisotopic (exact) mass is 409 g/mol. The number of fused-ring (bicyclic) bond motifs is 1. The van der Waals surface area contributed by atoms with E-state index in [4.69, 9.17) is 28.9 Å². The number of halogens is 2. The van der Waals surface area contributed by atoms with Crippen LogP contribution in [0.2, 0.25) is 10.0 Å². The minimum absolute atomic E-state index is 0.147. The van der Waals surface area contributed by atoms with Gasteiger partial charge in [0.1, 0.15) is 6.33 Å². The number of nitrogens with zero attached hydrogens (tertiary/aromatic N) is 2. The molecule has 28 heavy (non-hydrogen) atoms. The SMILES string of the molecule is NC(=O)c1ccc2c(c1)ncn2-c1ccc(C(=O)c2ccc(Cl)c(Cl)c2)cc1. The number of ketones is 1. The number of hydrogen-bond acceptors (Lipinski definition) is 3. The second-order valence-corrected chi connectivity index (χ2v) is 7.00. The molecule has 0 aliphatic carbocycles. The second-order valence-electron chi connectivity index (χ2n) is 6.19. The van der Waals surface area contributed by atoms with Gasteiger partial charge in [0, 0.05) is 22.4 Å². The van der Waals surface area contributed by atoms with E-state index in [9.17, 15) is 9.59 Å². The van der Waals surface area contributed by atoms with E-state index in [1.807, 2.05) is 16.7 Å². The molecule has 1 aromatic heterocycles. The van der Waals surface area contributed by atoms with Crippen LogP contribution in [0.1, 0.15) is 26.3 Å². The summed E-state index contributed by atoms with van der Waals surface area (Å²) < 4.78 is 1.87. The lowest BCUT2D eigenvalue weighted by Gasteiger charge is -2.07. The fraction of sp³-hybridized carbons (Fsp3) is 0. The van der Waals surface area contributed by atoms with Crippen molar-refractivity contribution in [2.24, 2.45) is 5.73 Å². The van der Waals surface area contributed by atoms with E-state index in [0.29, 0.717) is 32.3 Å². The summed E-state index contributed by atoms with van der Waals surface area (Å²) in [5, 5.41) is 0.740. The molecule has 7 heteroatoms. The van der Waals surface area contributed by atoms with Crippen LogP contribution in [0.15, 0.2) is 67.0 Å². The first-order valence-corrected chi connectivity index (χ1v) is 9.07. The van der Waals surface area contributed by atoms with E-state index in [-0.39, 0.29) is 5.78 Å². The molecule has 0 bridgehead atoms. The van der Waals surface area contributed by atoms with Crippen LogP contribution in [-0.4, -0.2) is 21.2 Å². The third-order valence-corrected chi connectivity index (χ3v) is 5.16. The Balaban J connectivity index is 1.66. The number of hydrogen-bond donors (Lipinski definition) is 1. The van der Waals surface area contributed by atoms with Gasteiger partial charge in [-0.15, -0.1) is 0 Å². The van der Waals surface area contributed by atoms with Gasteiger partial charge in [0.05, 0.1) is 21.1 Å². The number of carbonyl (C=O) groups excluding carboxylic acids is 2. The van der Waals surface area contributed by atoms with E-state index in [1.54, 1.807) is 54.9 Å². The van der Waals surface area contributed by atoms with Crippen LogP contribution in [-0.2, 0) is 0 Å². The molecule has 3 aromatic carbocycles. The topological polar surface area (TPSA) is 78.0 Å². The second kappa shape index (κ2) is 7.11. The van der Waals surface area contributed by atoms with Gasteiger partial charge in [-0.1, -0.05) is 23.2 Å². The van der Waals surface area contributed by atoms with E-state index < -0.39 is 5.91 Å². The van der Waals surface area contributed by atoms with Crippen LogP contribution >= 0.6 is 23.2 Å². The molecule has 1 amide bonds. The van der Waals surface area contributed by atoms with Crippen LogP contribution in [0.3, 0.4) is 0 Å². The number of carbonyl (C=O) groups is 2. The highest BCUT2D eigenvalue weighted by atomic mass is 35.5. The highest BCUT2D eigenvalue weighted by Gasteiger charge is 2.12. The highest BCUT2D eigenvalue weighted by molar-refractivity contribution is 6.42. The molecule has 0 aliphatic rings. The summed E-state index contributed by atoms with van der Waals surface area (Å²) in [6, 6.07) is 17.0. The van der Waals surface area contributed by atoms with Crippen LogP contribution in [0, 0.1) is 0 Å². The zero-order valence-corrected chi connectivity index (χ0v) is 15.9. The average molecular weight is 410 g/mol. The third kappa shape index (κ3) is 3.26. The first-order valence-electron chi connectivity index (χ1n) is 8.31. The number of primary amides is 1. The number of nitrogens with two attached hydrogens (primary N) is 1. The van der Waals surface area contributed by atoms with Crippen molar-refractivity contribution in [2.75, 3.05) is 0 Å². The minimum Gasteiger partial charge on any atom is -0.366 e. The molecule has 0 radical (unpaired) electrons. The van der Waals surface area contributed by atoms with Gasteiger partial charge in [0.2, 0.25) is 5.91 Å². The Bertz CT molecular complexity index is 1230. The summed E-state index contributed by atoms with van der Waals surface area (Å²) in [5.74, 6) is -0.645. The van der Waals surface area contributed by atoms with Crippen molar-refractivity contribution < 1.29 is 9.59 Å². The molecule has 1 heterocycles. The molecule has 5 nitrogen and oxygen atoms in total. The molecule has 0 saturated heterocycles. The summed E-state index contributed by atoms with van der Waals surface area (Å²) in [7, 11) is 0. The molecule has 0 unspecified atom stereocenters. The largest absolute Gasteiger partial charge is 0.366 e. The third-order valence-electron chi connectivity index (χ3n) is 4.42. The zero-order valence-electron chi connectivity index (χ0n) is 14.4. The highest BCUT2D eigenvalue weighted by Crippen LogP contribution is 2.25. The van der Waals surface area contributed by atoms with E-state index >= 15 is 0 Å². The molecular formula is C21H13Cl2N3O2. The number of imidazole rings is 1. The van der Waals surface area contributed by atoms with Gasteiger partial charge in [-0.3, -0.25) is 14.2 Å². The summed E-state index contributed by atoms with van der Waals surface area (Å²) >= 11 is 11.9. The predicted octanol–water partition coefficient (Wildman–Crippen LogP) is 4.66. The molecule has 2 N–H and O–H groups in total. The van der Waals surface area contributed by atoms with Crippen molar-refractivity contribution in [2.45, 2.75) is 0 Å². The average Bonchev–Trinajstić information content (AvgIpc) is 3.13. The van der Waals surface area contributed by atoms with Gasteiger partial charge in [0.15, 0.2) is 5.78 Å². The molecular weight excluding hydrogens is 397 g/mol. The lowest BCUT2D eigenvalue weighted by Crippen LogP contribution is -2.10. The van der Waals surface area contributed by atoms with Gasteiger partial charge in [-0.25, -0.2) is 4.98 Å². The predicted molar refractivity (Wildman–Crippen MR) is 109 cm³/mol. The Labute approximate surface area is 170 Å². The summed E-state index contributed by atoms with van der Waals surface area (Å²) in [6.07, 6.45) is 1.66. The lowest BCUT2D eigenvalue weighted by atomic mass is 10.0. The number of benzene rings is 3. The number of aromatic nitrogens is 2. The Morgan fingerprint density at radius 2 is 1.50 bits per heavy atom. The molecule has 0 saturated carbocycles. The van der Waals surface area contributed by atoms with E-state index in [1.165, 1.54) is 0 Å². The van der Waals surface area contributed by atoms with Crippen molar-refractivity contribution in [3.63, 3.8) is 0 Å². The molecule has 4 aromatic rings. The quantitative estimate of drug-likeness (QED) is 0.497. The van der Waals surface area contributed by atoms with Gasteiger partial charge >= 0.3 is 0 Å². The Morgan fingerprint density at radius 3 is 2.18 bits per heavy atom. The van der Waals surface area contributed by atoms with E-state index in [2.05, 4.69) is 4.98 Å². The number of amides is 1. The molecule has 0 atom stereocenters.